The number of amides is 1. The number of hydrogen-bond donors (Lipinski definition) is 1. The van der Waals surface area contributed by atoms with Crippen molar-refractivity contribution < 1.29 is 19.4 Å². The Kier molecular flexibility index (Phi) is 3.74. The number of carbonyl (C=O) groups is 2. The molecule has 1 saturated carbocycles. The van der Waals surface area contributed by atoms with E-state index in [2.05, 4.69) is 0 Å². The largest absolute Gasteiger partial charge is 0.480 e. The topological polar surface area (TPSA) is 66.8 Å². The summed E-state index contributed by atoms with van der Waals surface area (Å²) in [7, 11) is 0. The second-order valence-electron chi connectivity index (χ2n) is 6.59. The third kappa shape index (κ3) is 3.01. The minimum absolute atomic E-state index is 0.0460. The Morgan fingerprint density at radius 1 is 1.21 bits per heavy atom. The van der Waals surface area contributed by atoms with Gasteiger partial charge in [-0.05, 0) is 46.0 Å². The second kappa shape index (κ2) is 5.02. The highest BCUT2D eigenvalue weighted by molar-refractivity contribution is 5.81. The van der Waals surface area contributed by atoms with E-state index in [4.69, 9.17) is 4.74 Å². The predicted octanol–water partition coefficient (Wildman–Crippen LogP) is 2.64. The quantitative estimate of drug-likeness (QED) is 0.794. The van der Waals surface area contributed by atoms with Crippen molar-refractivity contribution in [3.8, 4) is 0 Å². The van der Waals surface area contributed by atoms with Crippen LogP contribution in [0.15, 0.2) is 0 Å². The lowest BCUT2D eigenvalue weighted by Crippen LogP contribution is -2.48. The van der Waals surface area contributed by atoms with Gasteiger partial charge in [0.1, 0.15) is 11.6 Å². The van der Waals surface area contributed by atoms with Crippen LogP contribution in [0.1, 0.15) is 52.9 Å². The third-order valence-electron chi connectivity index (χ3n) is 3.98. The van der Waals surface area contributed by atoms with E-state index in [0.717, 1.165) is 25.7 Å². The van der Waals surface area contributed by atoms with Gasteiger partial charge in [0.25, 0.3) is 0 Å². The molecule has 1 N–H and O–H groups in total. The Hall–Kier alpha value is -1.26. The maximum Gasteiger partial charge on any atom is 0.411 e. The molecule has 0 aromatic rings. The highest BCUT2D eigenvalue weighted by Crippen LogP contribution is 2.40. The molecule has 1 aliphatic carbocycles. The first-order chi connectivity index (χ1) is 8.79. The molecule has 0 aromatic carbocycles. The molecule has 1 heterocycles. The van der Waals surface area contributed by atoms with Crippen LogP contribution >= 0.6 is 0 Å². The van der Waals surface area contributed by atoms with E-state index in [1.165, 1.54) is 4.90 Å². The zero-order valence-corrected chi connectivity index (χ0v) is 11.9. The predicted molar refractivity (Wildman–Crippen MR) is 69.9 cm³/mol. The van der Waals surface area contributed by atoms with E-state index in [9.17, 15) is 14.7 Å². The fourth-order valence-corrected chi connectivity index (χ4v) is 3.26. The summed E-state index contributed by atoms with van der Waals surface area (Å²) >= 11 is 0. The zero-order chi connectivity index (χ0) is 14.2. The molecule has 5 heteroatoms. The van der Waals surface area contributed by atoms with Gasteiger partial charge in [0.15, 0.2) is 0 Å². The number of rotatable bonds is 1. The molecule has 19 heavy (non-hydrogen) atoms. The standard InChI is InChI=1S/C14H23NO4/c1-14(2,3)19-13(18)15-10-7-5-4-6-9(10)8-11(15)12(16)17/h9-11H,4-8H2,1-3H3,(H,16,17)/t9?,10?,11-/m1/s1. The van der Waals surface area contributed by atoms with Crippen molar-refractivity contribution in [1.82, 2.24) is 4.90 Å². The van der Waals surface area contributed by atoms with Crippen LogP contribution in [0.2, 0.25) is 0 Å². The minimum atomic E-state index is -0.916. The van der Waals surface area contributed by atoms with Gasteiger partial charge in [-0.3, -0.25) is 4.90 Å². The molecule has 0 aromatic heterocycles. The number of nitrogens with zero attached hydrogens (tertiary/aromatic N) is 1. The van der Waals surface area contributed by atoms with Gasteiger partial charge in [0, 0.05) is 6.04 Å². The van der Waals surface area contributed by atoms with Crippen molar-refractivity contribution in [1.29, 1.82) is 0 Å². The van der Waals surface area contributed by atoms with E-state index >= 15 is 0 Å². The molecule has 1 saturated heterocycles. The Morgan fingerprint density at radius 2 is 1.84 bits per heavy atom. The van der Waals surface area contributed by atoms with Crippen LogP contribution < -0.4 is 0 Å². The molecule has 0 bridgehead atoms. The lowest BCUT2D eigenvalue weighted by molar-refractivity contribution is -0.142. The number of ether oxygens (including phenoxy) is 1. The van der Waals surface area contributed by atoms with Crippen LogP contribution in [0, 0.1) is 5.92 Å². The lowest BCUT2D eigenvalue weighted by atomic mass is 9.85. The molecule has 0 radical (unpaired) electrons. The van der Waals surface area contributed by atoms with E-state index in [1.807, 2.05) is 0 Å². The van der Waals surface area contributed by atoms with E-state index in [0.29, 0.717) is 12.3 Å². The third-order valence-corrected chi connectivity index (χ3v) is 3.98. The average molecular weight is 269 g/mol. The highest BCUT2D eigenvalue weighted by atomic mass is 16.6. The Labute approximate surface area is 113 Å². The summed E-state index contributed by atoms with van der Waals surface area (Å²) in [5.74, 6) is -0.595. The number of carbonyl (C=O) groups excluding carboxylic acids is 1. The molecular formula is C14H23NO4. The second-order valence-corrected chi connectivity index (χ2v) is 6.59. The number of aliphatic carboxylic acids is 1. The van der Waals surface area contributed by atoms with Crippen molar-refractivity contribution in [3.63, 3.8) is 0 Å². The number of carboxylic acids is 1. The Balaban J connectivity index is 2.17. The number of fused-ring (bicyclic) bond motifs is 1. The Bertz CT molecular complexity index is 374. The number of likely N-dealkylation sites (tertiary alicyclic amines) is 1. The molecule has 2 rings (SSSR count). The molecule has 2 aliphatic rings. The average Bonchev–Trinajstić information content (AvgIpc) is 2.65. The van der Waals surface area contributed by atoms with Gasteiger partial charge in [-0.2, -0.15) is 0 Å². The van der Waals surface area contributed by atoms with Crippen molar-refractivity contribution in [2.24, 2.45) is 5.92 Å². The fraction of sp³-hybridized carbons (Fsp3) is 0.857. The summed E-state index contributed by atoms with van der Waals surface area (Å²) in [4.78, 5) is 25.1. The highest BCUT2D eigenvalue weighted by Gasteiger charge is 2.48. The van der Waals surface area contributed by atoms with Gasteiger partial charge in [0.05, 0.1) is 0 Å². The lowest BCUT2D eigenvalue weighted by Gasteiger charge is -2.34. The number of carboxylic acid groups (broad SMARTS) is 1. The van der Waals surface area contributed by atoms with Gasteiger partial charge in [0.2, 0.25) is 0 Å². The maximum absolute atomic E-state index is 12.3. The minimum Gasteiger partial charge on any atom is -0.480 e. The summed E-state index contributed by atoms with van der Waals surface area (Å²) in [5, 5.41) is 9.33. The van der Waals surface area contributed by atoms with Crippen LogP contribution in [0.3, 0.4) is 0 Å². The first-order valence-electron chi connectivity index (χ1n) is 7.04. The molecular weight excluding hydrogens is 246 g/mol. The summed E-state index contributed by atoms with van der Waals surface area (Å²) in [6, 6.07) is -0.673. The van der Waals surface area contributed by atoms with Crippen LogP contribution in [0.4, 0.5) is 4.79 Å². The van der Waals surface area contributed by atoms with Gasteiger partial charge < -0.3 is 9.84 Å². The van der Waals surface area contributed by atoms with Crippen molar-refractivity contribution in [3.05, 3.63) is 0 Å². The van der Waals surface area contributed by atoms with Gasteiger partial charge >= 0.3 is 12.1 Å². The van der Waals surface area contributed by atoms with Crippen LogP contribution in [0.5, 0.6) is 0 Å². The molecule has 108 valence electrons. The number of hydrogen-bond acceptors (Lipinski definition) is 3. The first kappa shape index (κ1) is 14.2. The summed E-state index contributed by atoms with van der Waals surface area (Å²) in [6.07, 6.45) is 4.21. The molecule has 2 unspecified atom stereocenters. The summed E-state index contributed by atoms with van der Waals surface area (Å²) in [5.41, 5.74) is -0.590. The molecule has 0 spiro atoms. The zero-order valence-electron chi connectivity index (χ0n) is 11.9. The van der Waals surface area contributed by atoms with Crippen molar-refractivity contribution >= 4 is 12.1 Å². The first-order valence-corrected chi connectivity index (χ1v) is 7.04. The van der Waals surface area contributed by atoms with E-state index in [1.54, 1.807) is 20.8 Å². The smallest absolute Gasteiger partial charge is 0.411 e. The fourth-order valence-electron chi connectivity index (χ4n) is 3.26. The summed E-state index contributed by atoms with van der Waals surface area (Å²) < 4.78 is 5.37. The normalized spacial score (nSPS) is 30.9. The monoisotopic (exact) mass is 269 g/mol. The molecule has 5 nitrogen and oxygen atoms in total. The van der Waals surface area contributed by atoms with Crippen LogP contribution in [-0.2, 0) is 9.53 Å². The Morgan fingerprint density at radius 3 is 2.42 bits per heavy atom. The molecule has 1 aliphatic heterocycles. The van der Waals surface area contributed by atoms with E-state index in [-0.39, 0.29) is 6.04 Å². The van der Waals surface area contributed by atoms with Gasteiger partial charge in [-0.1, -0.05) is 12.8 Å². The van der Waals surface area contributed by atoms with Crippen LogP contribution in [0.25, 0.3) is 0 Å². The maximum atomic E-state index is 12.3. The van der Waals surface area contributed by atoms with Crippen LogP contribution in [-0.4, -0.2) is 39.8 Å². The molecule has 1 amide bonds. The SMILES string of the molecule is CC(C)(C)OC(=O)N1C2CCCCC2C[C@@H]1C(=O)O. The molecule has 3 atom stereocenters. The van der Waals surface area contributed by atoms with Crippen molar-refractivity contribution in [2.45, 2.75) is 70.6 Å². The summed E-state index contributed by atoms with van der Waals surface area (Å²) in [6.45, 7) is 5.40. The van der Waals surface area contributed by atoms with E-state index < -0.39 is 23.7 Å². The van der Waals surface area contributed by atoms with Gasteiger partial charge in [-0.25, -0.2) is 9.59 Å². The van der Waals surface area contributed by atoms with Crippen molar-refractivity contribution in [2.75, 3.05) is 0 Å². The molecule has 2 fully saturated rings. The van der Waals surface area contributed by atoms with Gasteiger partial charge in [-0.15, -0.1) is 0 Å².